The van der Waals surface area contributed by atoms with Crippen molar-refractivity contribution in [2.24, 2.45) is 5.92 Å². The summed E-state index contributed by atoms with van der Waals surface area (Å²) in [5, 5.41) is 15.8. The number of ether oxygens (including phenoxy) is 3. The van der Waals surface area contributed by atoms with Crippen molar-refractivity contribution in [1.82, 2.24) is 25.6 Å². The van der Waals surface area contributed by atoms with E-state index in [-0.39, 0.29) is 30.9 Å². The number of benzene rings is 1. The Morgan fingerprint density at radius 3 is 2.23 bits per heavy atom. The molecule has 0 aliphatic carbocycles. The molecular formula is C33H45N5O10. The van der Waals surface area contributed by atoms with Crippen molar-refractivity contribution >= 4 is 36.1 Å². The zero-order valence-corrected chi connectivity index (χ0v) is 28.0. The average molecular weight is 672 g/mol. The van der Waals surface area contributed by atoms with Crippen molar-refractivity contribution < 1.29 is 48.2 Å². The molecule has 0 spiro atoms. The van der Waals surface area contributed by atoms with Gasteiger partial charge in [-0.05, 0) is 50.1 Å². The number of nitrogens with zero attached hydrogens (tertiary/aromatic N) is 3. The average Bonchev–Trinajstić information content (AvgIpc) is 3.10. The maximum absolute atomic E-state index is 13.5. The van der Waals surface area contributed by atoms with Crippen molar-refractivity contribution in [3.63, 3.8) is 0 Å². The van der Waals surface area contributed by atoms with E-state index in [0.29, 0.717) is 34.9 Å². The number of pyridine rings is 1. The standard InChI is InChI=1S/C33H45N5O10/c1-6-9-10-12-25(28(7-2)38(45)21-39)31(42)34-20-35-32(43)27-14-11-13-26(36-27)22-15-23(17-24(16-22)48-8-3)33(44)37(18-29(40)46-4)19-30(41)47-5/h11,13-17,21,25,28,45H,6-10,12,18-20H2,1-5H3,(H,34,42)(H,35,43)/t25-,28-/m1/s1. The monoisotopic (exact) mass is 671 g/mol. The van der Waals surface area contributed by atoms with Crippen LogP contribution in [-0.2, 0) is 28.7 Å². The van der Waals surface area contributed by atoms with E-state index in [9.17, 15) is 34.0 Å². The van der Waals surface area contributed by atoms with Crippen LogP contribution in [0.2, 0.25) is 0 Å². The molecule has 0 radical (unpaired) electrons. The largest absolute Gasteiger partial charge is 0.494 e. The molecule has 15 heteroatoms. The van der Waals surface area contributed by atoms with E-state index < -0.39 is 54.7 Å². The Kier molecular flexibility index (Phi) is 16.5. The summed E-state index contributed by atoms with van der Waals surface area (Å²) in [4.78, 5) is 80.2. The van der Waals surface area contributed by atoms with Crippen LogP contribution >= 0.6 is 0 Å². The third-order valence-corrected chi connectivity index (χ3v) is 7.42. The number of amides is 4. The van der Waals surface area contributed by atoms with Gasteiger partial charge in [0.2, 0.25) is 12.3 Å². The molecule has 48 heavy (non-hydrogen) atoms. The van der Waals surface area contributed by atoms with Gasteiger partial charge in [-0.3, -0.25) is 34.0 Å². The first-order valence-corrected chi connectivity index (χ1v) is 15.7. The molecule has 2 rings (SSSR count). The molecule has 3 N–H and O–H groups in total. The molecule has 1 heterocycles. The molecule has 2 aromatic rings. The molecule has 15 nitrogen and oxygen atoms in total. The second-order valence-corrected chi connectivity index (χ2v) is 10.7. The first kappa shape index (κ1) is 39.1. The Hall–Kier alpha value is -5.05. The number of methoxy groups -OCH3 is 2. The molecule has 4 amide bonds. The van der Waals surface area contributed by atoms with Crippen molar-refractivity contribution in [1.29, 1.82) is 0 Å². The van der Waals surface area contributed by atoms with Crippen LogP contribution in [0.15, 0.2) is 36.4 Å². The molecule has 0 fully saturated rings. The summed E-state index contributed by atoms with van der Waals surface area (Å²) < 4.78 is 15.0. The minimum atomic E-state index is -0.737. The van der Waals surface area contributed by atoms with Crippen molar-refractivity contribution in [3.05, 3.63) is 47.7 Å². The van der Waals surface area contributed by atoms with Gasteiger partial charge >= 0.3 is 11.9 Å². The number of rotatable bonds is 20. The summed E-state index contributed by atoms with van der Waals surface area (Å²) in [6.07, 6.45) is 3.63. The molecular weight excluding hydrogens is 626 g/mol. The van der Waals surface area contributed by atoms with Crippen LogP contribution in [0.5, 0.6) is 5.75 Å². The number of hydroxylamine groups is 2. The van der Waals surface area contributed by atoms with Crippen molar-refractivity contribution in [3.8, 4) is 17.0 Å². The summed E-state index contributed by atoms with van der Waals surface area (Å²) in [6.45, 7) is 4.59. The summed E-state index contributed by atoms with van der Waals surface area (Å²) in [5.74, 6) is -3.53. The first-order chi connectivity index (χ1) is 23.0. The Morgan fingerprint density at radius 1 is 0.958 bits per heavy atom. The Bertz CT molecular complexity index is 1400. The zero-order chi connectivity index (χ0) is 35.6. The number of nitrogens with one attached hydrogen (secondary N) is 2. The predicted molar refractivity (Wildman–Crippen MR) is 173 cm³/mol. The van der Waals surface area contributed by atoms with E-state index >= 15 is 0 Å². The van der Waals surface area contributed by atoms with Gasteiger partial charge in [0.25, 0.3) is 11.8 Å². The minimum absolute atomic E-state index is 0.0165. The SMILES string of the molecule is CCCCC[C@@H](C(=O)NCNC(=O)c1cccc(-c2cc(OCC)cc(C(=O)N(CC(=O)OC)CC(=O)OC)c2)n1)[C@@H](CC)N(O)C=O. The summed E-state index contributed by atoms with van der Waals surface area (Å²) in [5.41, 5.74) is 0.821. The number of carbonyl (C=O) groups is 6. The number of unbranched alkanes of at least 4 members (excludes halogenated alkanes) is 2. The van der Waals surface area contributed by atoms with Crippen molar-refractivity contribution in [2.45, 2.75) is 58.9 Å². The van der Waals surface area contributed by atoms with Gasteiger partial charge in [-0.1, -0.05) is 39.2 Å². The highest BCUT2D eigenvalue weighted by Crippen LogP contribution is 2.27. The van der Waals surface area contributed by atoms with Gasteiger partial charge in [0, 0.05) is 11.1 Å². The van der Waals surface area contributed by atoms with Crippen LogP contribution in [0.4, 0.5) is 0 Å². The fraction of sp³-hybridized carbons (Fsp3) is 0.485. The molecule has 0 saturated carbocycles. The van der Waals surface area contributed by atoms with E-state index in [1.54, 1.807) is 32.0 Å². The number of carbonyl (C=O) groups excluding carboxylic acids is 6. The van der Waals surface area contributed by atoms with E-state index in [2.05, 4.69) is 25.1 Å². The Balaban J connectivity index is 2.28. The number of esters is 2. The van der Waals surface area contributed by atoms with Crippen LogP contribution < -0.4 is 15.4 Å². The van der Waals surface area contributed by atoms with E-state index in [1.807, 2.05) is 6.92 Å². The lowest BCUT2D eigenvalue weighted by atomic mass is 9.90. The van der Waals surface area contributed by atoms with Crippen molar-refractivity contribution in [2.75, 3.05) is 40.6 Å². The van der Waals surface area contributed by atoms with Crippen LogP contribution in [0.3, 0.4) is 0 Å². The maximum Gasteiger partial charge on any atom is 0.325 e. The lowest BCUT2D eigenvalue weighted by Crippen LogP contribution is -2.47. The molecule has 0 saturated heterocycles. The van der Waals surface area contributed by atoms with Gasteiger partial charge in [0.1, 0.15) is 24.5 Å². The number of hydrogen-bond acceptors (Lipinski definition) is 11. The fourth-order valence-corrected chi connectivity index (χ4v) is 4.95. The number of hydrogen-bond donors (Lipinski definition) is 3. The number of aromatic nitrogens is 1. The highest BCUT2D eigenvalue weighted by Gasteiger charge is 2.30. The minimum Gasteiger partial charge on any atom is -0.494 e. The Labute approximate surface area is 279 Å². The van der Waals surface area contributed by atoms with Gasteiger partial charge in [-0.2, -0.15) is 0 Å². The van der Waals surface area contributed by atoms with Gasteiger partial charge < -0.3 is 29.7 Å². The normalized spacial score (nSPS) is 11.8. The summed E-state index contributed by atoms with van der Waals surface area (Å²) in [6, 6.07) is 8.55. The topological polar surface area (TPSA) is 194 Å². The fourth-order valence-electron chi connectivity index (χ4n) is 4.95. The van der Waals surface area contributed by atoms with E-state index in [0.717, 1.165) is 38.4 Å². The van der Waals surface area contributed by atoms with Crippen LogP contribution in [0.1, 0.15) is 73.7 Å². The molecule has 1 aromatic carbocycles. The zero-order valence-electron chi connectivity index (χ0n) is 28.0. The van der Waals surface area contributed by atoms with Gasteiger partial charge in [0.05, 0.1) is 45.1 Å². The quantitative estimate of drug-likeness (QED) is 0.0468. The second kappa shape index (κ2) is 20.2. The van der Waals surface area contributed by atoms with Crippen LogP contribution in [-0.4, -0.2) is 103 Å². The lowest BCUT2D eigenvalue weighted by molar-refractivity contribution is -0.168. The molecule has 0 aliphatic rings. The predicted octanol–water partition coefficient (Wildman–Crippen LogP) is 2.56. The molecule has 0 bridgehead atoms. The maximum atomic E-state index is 13.5. The first-order valence-electron chi connectivity index (χ1n) is 15.7. The van der Waals surface area contributed by atoms with E-state index in [4.69, 9.17) is 4.74 Å². The highest BCUT2D eigenvalue weighted by atomic mass is 16.5. The third-order valence-electron chi connectivity index (χ3n) is 7.42. The highest BCUT2D eigenvalue weighted by molar-refractivity contribution is 5.99. The molecule has 0 unspecified atom stereocenters. The smallest absolute Gasteiger partial charge is 0.325 e. The van der Waals surface area contributed by atoms with Gasteiger partial charge in [-0.15, -0.1) is 0 Å². The molecule has 1 aromatic heterocycles. The van der Waals surface area contributed by atoms with Crippen LogP contribution in [0.25, 0.3) is 11.3 Å². The molecule has 262 valence electrons. The molecule has 2 atom stereocenters. The Morgan fingerprint density at radius 2 is 1.65 bits per heavy atom. The molecule has 0 aliphatic heterocycles. The van der Waals surface area contributed by atoms with Gasteiger partial charge in [-0.25, -0.2) is 10.0 Å². The summed E-state index contributed by atoms with van der Waals surface area (Å²) >= 11 is 0. The third kappa shape index (κ3) is 11.6. The van der Waals surface area contributed by atoms with Gasteiger partial charge in [0.15, 0.2) is 0 Å². The lowest BCUT2D eigenvalue weighted by Gasteiger charge is -2.29. The summed E-state index contributed by atoms with van der Waals surface area (Å²) in [7, 11) is 2.32. The second-order valence-electron chi connectivity index (χ2n) is 10.7. The van der Waals surface area contributed by atoms with Crippen LogP contribution in [0, 0.1) is 5.92 Å². The van der Waals surface area contributed by atoms with E-state index in [1.165, 1.54) is 18.2 Å².